The van der Waals surface area contributed by atoms with Gasteiger partial charge in [0.2, 0.25) is 5.95 Å². The van der Waals surface area contributed by atoms with Crippen LogP contribution in [0.2, 0.25) is 0 Å². The van der Waals surface area contributed by atoms with Gasteiger partial charge in [-0.3, -0.25) is 4.40 Å². The number of imidazole rings is 1. The number of nitrogens with zero attached hydrogens (tertiary/aromatic N) is 2. The lowest BCUT2D eigenvalue weighted by atomic mass is 10.5. The third kappa shape index (κ3) is 0.808. The van der Waals surface area contributed by atoms with Crippen LogP contribution in [0.5, 0.6) is 0 Å². The number of rotatable bonds is 0. The first-order chi connectivity index (χ1) is 5.29. The molecule has 0 spiro atoms. The number of aromatic nitrogens is 2. The minimum Gasteiger partial charge on any atom is -0.276 e. The molecule has 0 saturated carbocycles. The van der Waals surface area contributed by atoms with Gasteiger partial charge in [0.05, 0.1) is 5.69 Å². The van der Waals surface area contributed by atoms with Crippen LogP contribution in [-0.4, -0.2) is 9.38 Å². The molecule has 0 fully saturated rings. The Morgan fingerprint density at radius 1 is 1.45 bits per heavy atom. The first-order valence-corrected chi connectivity index (χ1v) is 3.38. The molecule has 0 N–H and O–H groups in total. The second kappa shape index (κ2) is 2.05. The molecule has 0 saturated heterocycles. The summed E-state index contributed by atoms with van der Waals surface area (Å²) in [5, 5.41) is 0. The number of hydrogen-bond acceptors (Lipinski definition) is 1. The third-order valence-electron chi connectivity index (χ3n) is 1.63. The maximum Gasteiger partial charge on any atom is 0.220 e. The first kappa shape index (κ1) is 6.34. The summed E-state index contributed by atoms with van der Waals surface area (Å²) in [5.74, 6) is -0.277. The van der Waals surface area contributed by atoms with Gasteiger partial charge in [-0.15, -0.1) is 0 Å². The molecule has 56 valence electrons. The van der Waals surface area contributed by atoms with Gasteiger partial charge in [0.1, 0.15) is 5.65 Å². The highest BCUT2D eigenvalue weighted by atomic mass is 19.1. The van der Waals surface area contributed by atoms with E-state index in [1.54, 1.807) is 25.3 Å². The van der Waals surface area contributed by atoms with Crippen molar-refractivity contribution in [1.82, 2.24) is 9.38 Å². The average molecular weight is 150 g/mol. The van der Waals surface area contributed by atoms with Gasteiger partial charge >= 0.3 is 0 Å². The normalized spacial score (nSPS) is 10.7. The summed E-state index contributed by atoms with van der Waals surface area (Å²) in [5.41, 5.74) is 1.10. The van der Waals surface area contributed by atoms with Gasteiger partial charge in [-0.05, 0) is 19.1 Å². The van der Waals surface area contributed by atoms with Crippen molar-refractivity contribution in [3.8, 4) is 0 Å². The molecule has 2 nitrogen and oxygen atoms in total. The SMILES string of the molecule is Cc1nc2ccccn2c1F. The van der Waals surface area contributed by atoms with Crippen molar-refractivity contribution in [2.75, 3.05) is 0 Å². The van der Waals surface area contributed by atoms with Crippen molar-refractivity contribution in [3.05, 3.63) is 36.0 Å². The van der Waals surface area contributed by atoms with Crippen molar-refractivity contribution in [2.24, 2.45) is 0 Å². The van der Waals surface area contributed by atoms with Gasteiger partial charge < -0.3 is 0 Å². The summed E-state index contributed by atoms with van der Waals surface area (Å²) < 4.78 is 14.5. The largest absolute Gasteiger partial charge is 0.276 e. The number of fused-ring (bicyclic) bond motifs is 1. The molecule has 0 aromatic carbocycles. The van der Waals surface area contributed by atoms with Crippen LogP contribution >= 0.6 is 0 Å². The molecule has 0 aliphatic heterocycles. The minimum atomic E-state index is -0.277. The van der Waals surface area contributed by atoms with E-state index in [2.05, 4.69) is 4.98 Å². The predicted octanol–water partition coefficient (Wildman–Crippen LogP) is 1.78. The average Bonchev–Trinajstić information content (AvgIpc) is 2.30. The van der Waals surface area contributed by atoms with E-state index >= 15 is 0 Å². The van der Waals surface area contributed by atoms with Crippen molar-refractivity contribution < 1.29 is 4.39 Å². The Hall–Kier alpha value is -1.38. The van der Waals surface area contributed by atoms with E-state index in [4.69, 9.17) is 0 Å². The Labute approximate surface area is 63.3 Å². The molecule has 0 bridgehead atoms. The molecule has 0 aliphatic rings. The second-order valence-electron chi connectivity index (χ2n) is 2.42. The standard InChI is InChI=1S/C8H7FN2/c1-6-8(9)11-5-3-2-4-7(11)10-6/h2-5H,1H3. The summed E-state index contributed by atoms with van der Waals surface area (Å²) >= 11 is 0. The Morgan fingerprint density at radius 3 is 3.00 bits per heavy atom. The number of aryl methyl sites for hydroxylation is 1. The molecule has 2 heterocycles. The number of halogens is 1. The zero-order chi connectivity index (χ0) is 7.84. The zero-order valence-electron chi connectivity index (χ0n) is 6.08. The van der Waals surface area contributed by atoms with Gasteiger partial charge in [-0.2, -0.15) is 4.39 Å². The molecular formula is C8H7FN2. The van der Waals surface area contributed by atoms with Crippen LogP contribution in [0.25, 0.3) is 5.65 Å². The second-order valence-corrected chi connectivity index (χ2v) is 2.42. The number of hydrogen-bond donors (Lipinski definition) is 0. The van der Waals surface area contributed by atoms with Crippen LogP contribution < -0.4 is 0 Å². The third-order valence-corrected chi connectivity index (χ3v) is 1.63. The summed E-state index contributed by atoms with van der Waals surface area (Å²) in [7, 11) is 0. The van der Waals surface area contributed by atoms with Crippen LogP contribution in [0.4, 0.5) is 4.39 Å². The zero-order valence-corrected chi connectivity index (χ0v) is 6.08. The molecule has 3 heteroatoms. The van der Waals surface area contributed by atoms with Crippen LogP contribution in [-0.2, 0) is 0 Å². The Bertz CT molecular complexity index is 392. The summed E-state index contributed by atoms with van der Waals surface area (Å²) in [4.78, 5) is 4.00. The van der Waals surface area contributed by atoms with E-state index in [1.165, 1.54) is 4.40 Å². The Morgan fingerprint density at radius 2 is 2.27 bits per heavy atom. The minimum absolute atomic E-state index is 0.277. The van der Waals surface area contributed by atoms with Gasteiger partial charge in [-0.1, -0.05) is 6.07 Å². The highest BCUT2D eigenvalue weighted by Gasteiger charge is 2.04. The van der Waals surface area contributed by atoms with Gasteiger partial charge in [0, 0.05) is 6.20 Å². The molecule has 2 rings (SSSR count). The molecule has 2 aromatic rings. The lowest BCUT2D eigenvalue weighted by Gasteiger charge is -1.89. The Balaban J connectivity index is 2.92. The van der Waals surface area contributed by atoms with Gasteiger partial charge in [0.15, 0.2) is 0 Å². The maximum atomic E-state index is 13.1. The molecule has 0 aliphatic carbocycles. The quantitative estimate of drug-likeness (QED) is 0.559. The van der Waals surface area contributed by atoms with Crippen molar-refractivity contribution in [3.63, 3.8) is 0 Å². The van der Waals surface area contributed by atoms with Crippen LogP contribution in [0.15, 0.2) is 24.4 Å². The number of pyridine rings is 1. The fourth-order valence-corrected chi connectivity index (χ4v) is 1.08. The van der Waals surface area contributed by atoms with E-state index in [9.17, 15) is 4.39 Å². The molecule has 11 heavy (non-hydrogen) atoms. The van der Waals surface area contributed by atoms with Gasteiger partial charge in [-0.25, -0.2) is 4.98 Å². The molecule has 0 unspecified atom stereocenters. The van der Waals surface area contributed by atoms with E-state index in [0.717, 1.165) is 0 Å². The van der Waals surface area contributed by atoms with E-state index in [1.807, 2.05) is 6.07 Å². The van der Waals surface area contributed by atoms with E-state index in [0.29, 0.717) is 11.3 Å². The van der Waals surface area contributed by atoms with E-state index in [-0.39, 0.29) is 5.95 Å². The maximum absolute atomic E-state index is 13.1. The fourth-order valence-electron chi connectivity index (χ4n) is 1.08. The Kier molecular flexibility index (Phi) is 1.18. The van der Waals surface area contributed by atoms with Gasteiger partial charge in [0.25, 0.3) is 0 Å². The topological polar surface area (TPSA) is 17.3 Å². The summed E-state index contributed by atoms with van der Waals surface area (Å²) in [6, 6.07) is 5.38. The fraction of sp³-hybridized carbons (Fsp3) is 0.125. The molecule has 0 atom stereocenters. The van der Waals surface area contributed by atoms with E-state index < -0.39 is 0 Å². The molecular weight excluding hydrogens is 143 g/mol. The van der Waals surface area contributed by atoms with Crippen molar-refractivity contribution >= 4 is 5.65 Å². The monoisotopic (exact) mass is 150 g/mol. The highest BCUT2D eigenvalue weighted by Crippen LogP contribution is 2.08. The lowest BCUT2D eigenvalue weighted by molar-refractivity contribution is 0.564. The molecule has 2 aromatic heterocycles. The smallest absolute Gasteiger partial charge is 0.220 e. The van der Waals surface area contributed by atoms with Crippen LogP contribution in [0, 0.1) is 12.9 Å². The highest BCUT2D eigenvalue weighted by molar-refractivity contribution is 5.39. The first-order valence-electron chi connectivity index (χ1n) is 3.38. The van der Waals surface area contributed by atoms with Crippen molar-refractivity contribution in [1.29, 1.82) is 0 Å². The summed E-state index contributed by atoms with van der Waals surface area (Å²) in [6.45, 7) is 1.66. The lowest BCUT2D eigenvalue weighted by Crippen LogP contribution is -1.85. The molecule has 0 amide bonds. The molecule has 0 radical (unpaired) electrons. The predicted molar refractivity (Wildman–Crippen MR) is 39.9 cm³/mol. The van der Waals surface area contributed by atoms with Crippen molar-refractivity contribution in [2.45, 2.75) is 6.92 Å². The van der Waals surface area contributed by atoms with Crippen LogP contribution in [0.3, 0.4) is 0 Å². The van der Waals surface area contributed by atoms with Crippen LogP contribution in [0.1, 0.15) is 5.69 Å². The summed E-state index contributed by atoms with van der Waals surface area (Å²) in [6.07, 6.45) is 1.66.